The van der Waals surface area contributed by atoms with E-state index >= 15 is 0 Å². The number of aliphatic carboxylic acids is 3. The van der Waals surface area contributed by atoms with E-state index < -0.39 is 49.6 Å². The molecular weight excluding hydrogens is 953 g/mol. The molecule has 0 saturated heterocycles. The van der Waals surface area contributed by atoms with Crippen molar-refractivity contribution in [2.75, 3.05) is 19.8 Å². The largest absolute Gasteiger partial charge is 0.507 e. The summed E-state index contributed by atoms with van der Waals surface area (Å²) < 4.78 is 18.3. The highest BCUT2D eigenvalue weighted by atomic mass is 16.5. The molecule has 7 rings (SSSR count). The number of phenols is 4. The second kappa shape index (κ2) is 22.3. The van der Waals surface area contributed by atoms with Crippen LogP contribution in [0.1, 0.15) is 123 Å². The molecule has 0 unspecified atom stereocenters. The van der Waals surface area contributed by atoms with Gasteiger partial charge in [0.25, 0.3) is 0 Å². The quantitative estimate of drug-likeness (QED) is 0.0375. The summed E-state index contributed by atoms with van der Waals surface area (Å²) in [6.45, 7) is 16.5. The standard InChI is InChI=1S/C62H64O13/c1-31-15-47(24-41-11-13-51(73-28-53(63)64)49(26-41)56(43-16-32(2)58(69)33(3)17-43)44-18-34(4)59(70)35(5)19-44)62(75-30-55(67)68)48(40(31)10)25-42-12-14-52(74-29-54(65)66)50(27-42)57(45-20-36(6)60(71)37(7)21-45)46-22-38(8)61(72)39(9)23-46/h11-23,26-27,56-57,69-72H,24-25,28-30H2,1-10H3,(H,63,64)(H,65,66)(H,67,68). The summed E-state index contributed by atoms with van der Waals surface area (Å²) >= 11 is 0. The van der Waals surface area contributed by atoms with Gasteiger partial charge in [0, 0.05) is 41.4 Å². The zero-order chi connectivity index (χ0) is 54.7. The molecule has 0 amide bonds. The molecule has 390 valence electrons. The number of aromatic hydroxyl groups is 4. The molecule has 0 saturated carbocycles. The maximum atomic E-state index is 12.3. The van der Waals surface area contributed by atoms with Gasteiger partial charge in [-0.15, -0.1) is 0 Å². The molecule has 7 aromatic carbocycles. The van der Waals surface area contributed by atoms with Crippen LogP contribution in [0.15, 0.2) is 91.0 Å². The Hall–Kier alpha value is -8.45. The Labute approximate surface area is 436 Å². The number of ether oxygens (including phenoxy) is 3. The molecule has 75 heavy (non-hydrogen) atoms. The maximum Gasteiger partial charge on any atom is 0.341 e. The van der Waals surface area contributed by atoms with Crippen molar-refractivity contribution in [2.45, 2.75) is 93.9 Å². The van der Waals surface area contributed by atoms with Crippen LogP contribution in [0.25, 0.3) is 0 Å². The highest BCUT2D eigenvalue weighted by Gasteiger charge is 2.28. The molecule has 13 nitrogen and oxygen atoms in total. The Morgan fingerprint density at radius 3 is 1.03 bits per heavy atom. The third-order valence-corrected chi connectivity index (χ3v) is 14.0. The van der Waals surface area contributed by atoms with Crippen molar-refractivity contribution < 1.29 is 64.3 Å². The van der Waals surface area contributed by atoms with Crippen molar-refractivity contribution in [3.8, 4) is 40.2 Å². The van der Waals surface area contributed by atoms with Crippen molar-refractivity contribution in [1.82, 2.24) is 0 Å². The number of hydrogen-bond acceptors (Lipinski definition) is 10. The van der Waals surface area contributed by atoms with Crippen molar-refractivity contribution in [3.63, 3.8) is 0 Å². The third-order valence-electron chi connectivity index (χ3n) is 14.0. The average molecular weight is 1020 g/mol. The summed E-state index contributed by atoms with van der Waals surface area (Å²) in [7, 11) is 0. The van der Waals surface area contributed by atoms with Crippen LogP contribution in [-0.4, -0.2) is 73.5 Å². The summed E-state index contributed by atoms with van der Waals surface area (Å²) in [5.41, 5.74) is 14.1. The zero-order valence-electron chi connectivity index (χ0n) is 43.9. The molecule has 0 radical (unpaired) electrons. The Kier molecular flexibility index (Phi) is 16.2. The molecule has 7 N–H and O–H groups in total. The third kappa shape index (κ3) is 12.0. The lowest BCUT2D eigenvalue weighted by Gasteiger charge is -2.26. The highest BCUT2D eigenvalue weighted by molar-refractivity contribution is 5.70. The molecular formula is C62H64O13. The number of carboxylic acids is 3. The Bertz CT molecular complexity index is 3180. The van der Waals surface area contributed by atoms with Crippen LogP contribution in [0.4, 0.5) is 0 Å². The number of phenolic OH excluding ortho intramolecular Hbond substituents is 4. The summed E-state index contributed by atoms with van der Waals surface area (Å²) in [6.07, 6.45) is 0.474. The van der Waals surface area contributed by atoms with E-state index in [0.717, 1.165) is 44.5 Å². The molecule has 0 heterocycles. The van der Waals surface area contributed by atoms with Gasteiger partial charge < -0.3 is 50.0 Å². The predicted molar refractivity (Wildman–Crippen MR) is 286 cm³/mol. The first-order valence-electron chi connectivity index (χ1n) is 24.5. The Morgan fingerprint density at radius 1 is 0.400 bits per heavy atom. The van der Waals surface area contributed by atoms with Crippen molar-refractivity contribution in [1.29, 1.82) is 0 Å². The second-order valence-electron chi connectivity index (χ2n) is 19.8. The zero-order valence-corrected chi connectivity index (χ0v) is 43.9. The maximum absolute atomic E-state index is 12.3. The fourth-order valence-electron chi connectivity index (χ4n) is 10.3. The van der Waals surface area contributed by atoms with Crippen molar-refractivity contribution >= 4 is 17.9 Å². The molecule has 0 aliphatic carbocycles. The van der Waals surface area contributed by atoms with Gasteiger partial charge in [0.15, 0.2) is 19.8 Å². The van der Waals surface area contributed by atoms with Crippen LogP contribution in [0.5, 0.6) is 40.2 Å². The molecule has 0 fully saturated rings. The number of carboxylic acid groups (broad SMARTS) is 3. The van der Waals surface area contributed by atoms with Crippen LogP contribution in [-0.2, 0) is 27.2 Å². The molecule has 0 aromatic heterocycles. The second-order valence-corrected chi connectivity index (χ2v) is 19.8. The minimum atomic E-state index is -1.18. The molecule has 13 heteroatoms. The Balaban J connectivity index is 1.42. The van der Waals surface area contributed by atoms with E-state index in [1.54, 1.807) is 67.5 Å². The fourth-order valence-corrected chi connectivity index (χ4v) is 10.3. The molecule has 0 bridgehead atoms. The van der Waals surface area contributed by atoms with Crippen molar-refractivity contribution in [3.05, 3.63) is 202 Å². The van der Waals surface area contributed by atoms with Gasteiger partial charge in [-0.05, 0) is 176 Å². The van der Waals surface area contributed by atoms with Crippen LogP contribution in [0, 0.1) is 69.2 Å². The van der Waals surface area contributed by atoms with Gasteiger partial charge in [0.2, 0.25) is 0 Å². The summed E-state index contributed by atoms with van der Waals surface area (Å²) in [5, 5.41) is 73.1. The van der Waals surface area contributed by atoms with Gasteiger partial charge in [-0.2, -0.15) is 0 Å². The first kappa shape index (κ1) is 54.3. The highest BCUT2D eigenvalue weighted by Crippen LogP contribution is 2.45. The lowest BCUT2D eigenvalue weighted by molar-refractivity contribution is -0.140. The summed E-state index contributed by atoms with van der Waals surface area (Å²) in [6, 6.07) is 28.0. The predicted octanol–water partition coefficient (Wildman–Crippen LogP) is 11.5. The SMILES string of the molecule is Cc1cc(Cc2ccc(OCC(=O)O)c(C(c3cc(C)c(O)c(C)c3)c3cc(C)c(O)c(C)c3)c2)c(OCC(=O)O)c(Cc2ccc(OCC(=O)O)c(C(c3cc(C)c(O)c(C)c3)c3cc(C)c(O)c(C)c3)c2)c1C. The van der Waals surface area contributed by atoms with E-state index in [1.807, 2.05) is 92.7 Å². The number of rotatable bonds is 19. The van der Waals surface area contributed by atoms with Crippen LogP contribution < -0.4 is 14.2 Å². The molecule has 7 aromatic rings. The number of aryl methyl sites for hydroxylation is 9. The number of carbonyl (C=O) groups is 3. The van der Waals surface area contributed by atoms with Gasteiger partial charge >= 0.3 is 17.9 Å². The molecule has 0 aliphatic heterocycles. The first-order chi connectivity index (χ1) is 35.4. The van der Waals surface area contributed by atoms with E-state index in [-0.39, 0.29) is 35.8 Å². The lowest BCUT2D eigenvalue weighted by Crippen LogP contribution is -2.15. The van der Waals surface area contributed by atoms with Crippen LogP contribution in [0.3, 0.4) is 0 Å². The minimum absolute atomic E-state index is 0.148. The first-order valence-corrected chi connectivity index (χ1v) is 24.5. The van der Waals surface area contributed by atoms with Crippen molar-refractivity contribution in [2.24, 2.45) is 0 Å². The van der Waals surface area contributed by atoms with Gasteiger partial charge in [-0.3, -0.25) is 0 Å². The average Bonchev–Trinajstić information content (AvgIpc) is 3.34. The Morgan fingerprint density at radius 2 is 0.707 bits per heavy atom. The minimum Gasteiger partial charge on any atom is -0.507 e. The fraction of sp³-hybridized carbons (Fsp3) is 0.274. The number of benzene rings is 7. The van der Waals surface area contributed by atoms with Crippen LogP contribution in [0.2, 0.25) is 0 Å². The normalized spacial score (nSPS) is 11.3. The lowest BCUT2D eigenvalue weighted by atomic mass is 9.80. The molecule has 0 atom stereocenters. The summed E-state index contributed by atoms with van der Waals surface area (Å²) in [4.78, 5) is 36.3. The van der Waals surface area contributed by atoms with Gasteiger partial charge in [0.1, 0.15) is 40.2 Å². The van der Waals surface area contributed by atoms with Gasteiger partial charge in [-0.25, -0.2) is 14.4 Å². The van der Waals surface area contributed by atoms with Crippen LogP contribution >= 0.6 is 0 Å². The van der Waals surface area contributed by atoms with Gasteiger partial charge in [-0.1, -0.05) is 78.9 Å². The van der Waals surface area contributed by atoms with E-state index in [9.17, 15) is 50.1 Å². The molecule has 0 spiro atoms. The smallest absolute Gasteiger partial charge is 0.341 e. The number of hydrogen-bond donors (Lipinski definition) is 7. The van der Waals surface area contributed by atoms with E-state index in [1.165, 1.54) is 0 Å². The monoisotopic (exact) mass is 1020 g/mol. The van der Waals surface area contributed by atoms with E-state index in [4.69, 9.17) is 14.2 Å². The summed E-state index contributed by atoms with van der Waals surface area (Å²) in [5.74, 6) is -3.11. The van der Waals surface area contributed by atoms with E-state index in [0.29, 0.717) is 84.0 Å². The molecule has 0 aliphatic rings. The topological polar surface area (TPSA) is 221 Å². The van der Waals surface area contributed by atoms with Gasteiger partial charge in [0.05, 0.1) is 0 Å². The van der Waals surface area contributed by atoms with E-state index in [2.05, 4.69) is 0 Å².